The van der Waals surface area contributed by atoms with Gasteiger partial charge in [0.2, 0.25) is 0 Å². The lowest BCUT2D eigenvalue weighted by Gasteiger charge is -2.26. The van der Waals surface area contributed by atoms with Crippen LogP contribution in [0.25, 0.3) is 0 Å². The summed E-state index contributed by atoms with van der Waals surface area (Å²) < 4.78 is 16.0. The highest BCUT2D eigenvalue weighted by atomic mass is 32.1. The third-order valence-electron chi connectivity index (χ3n) is 4.97. The number of imidazole rings is 1. The summed E-state index contributed by atoms with van der Waals surface area (Å²) >= 11 is 5.77. The Morgan fingerprint density at radius 2 is 1.45 bits per heavy atom. The molecule has 0 aliphatic carbocycles. The highest BCUT2D eigenvalue weighted by Gasteiger charge is 2.14. The summed E-state index contributed by atoms with van der Waals surface area (Å²) in [5.74, 6) is 0.485. The molecule has 4 aromatic rings. The van der Waals surface area contributed by atoms with Crippen molar-refractivity contribution in [2.75, 3.05) is 5.32 Å². The van der Waals surface area contributed by atoms with Gasteiger partial charge in [0, 0.05) is 18.7 Å². The summed E-state index contributed by atoms with van der Waals surface area (Å²) in [5.41, 5.74) is 2.93. The van der Waals surface area contributed by atoms with E-state index in [1.54, 1.807) is 24.7 Å². The van der Waals surface area contributed by atoms with Gasteiger partial charge in [0.1, 0.15) is 11.6 Å². The number of hydrogen-bond acceptors (Lipinski definition) is 2. The molecule has 4 nitrogen and oxygen atoms in total. The van der Waals surface area contributed by atoms with E-state index in [2.05, 4.69) is 39.5 Å². The lowest BCUT2D eigenvalue weighted by Crippen LogP contribution is -2.34. The molecule has 0 aliphatic heterocycles. The van der Waals surface area contributed by atoms with Crippen molar-refractivity contribution < 1.29 is 4.39 Å². The normalized spacial score (nSPS) is 10.6. The molecule has 0 amide bonds. The molecule has 0 unspecified atom stereocenters. The van der Waals surface area contributed by atoms with Crippen molar-refractivity contribution >= 4 is 23.1 Å². The number of benzene rings is 3. The summed E-state index contributed by atoms with van der Waals surface area (Å²) in [6.45, 7) is 1.71. The van der Waals surface area contributed by atoms with Crippen LogP contribution in [0.2, 0.25) is 0 Å². The van der Waals surface area contributed by atoms with E-state index in [1.165, 1.54) is 17.2 Å². The molecule has 0 radical (unpaired) electrons. The van der Waals surface area contributed by atoms with Crippen LogP contribution in [0.4, 0.5) is 10.2 Å². The minimum Gasteiger partial charge on any atom is -0.340 e. The zero-order valence-corrected chi connectivity index (χ0v) is 17.8. The molecule has 1 aromatic heterocycles. The van der Waals surface area contributed by atoms with Crippen molar-refractivity contribution in [3.63, 3.8) is 0 Å². The molecule has 0 saturated heterocycles. The molecular weight excluding hydrogens is 407 g/mol. The van der Waals surface area contributed by atoms with E-state index >= 15 is 0 Å². The van der Waals surface area contributed by atoms with Gasteiger partial charge in [-0.25, -0.2) is 9.37 Å². The maximum Gasteiger partial charge on any atom is 0.175 e. The SMILES string of the molecule is Fc1ccccc1Cn1cncc1NC(=S)N(Cc1ccccc1)Cc1ccccc1. The van der Waals surface area contributed by atoms with E-state index in [0.29, 0.717) is 30.3 Å². The Balaban J connectivity index is 1.52. The Morgan fingerprint density at radius 3 is 2.06 bits per heavy atom. The fourth-order valence-electron chi connectivity index (χ4n) is 3.36. The number of thiocarbonyl (C=S) groups is 1. The molecule has 3 aromatic carbocycles. The summed E-state index contributed by atoms with van der Waals surface area (Å²) in [4.78, 5) is 6.34. The van der Waals surface area contributed by atoms with Crippen LogP contribution < -0.4 is 5.32 Å². The Hall–Kier alpha value is -3.51. The molecule has 0 saturated carbocycles. The van der Waals surface area contributed by atoms with Gasteiger partial charge in [-0.3, -0.25) is 0 Å². The number of rotatable bonds is 7. The Bertz CT molecular complexity index is 1090. The summed E-state index contributed by atoms with van der Waals surface area (Å²) in [7, 11) is 0. The van der Waals surface area contributed by atoms with E-state index in [4.69, 9.17) is 12.2 Å². The van der Waals surface area contributed by atoms with E-state index in [0.717, 1.165) is 5.82 Å². The molecule has 31 heavy (non-hydrogen) atoms. The minimum atomic E-state index is -0.237. The highest BCUT2D eigenvalue weighted by molar-refractivity contribution is 7.80. The third kappa shape index (κ3) is 5.55. The van der Waals surface area contributed by atoms with Gasteiger partial charge in [0.15, 0.2) is 5.11 Å². The topological polar surface area (TPSA) is 33.1 Å². The van der Waals surface area contributed by atoms with Gasteiger partial charge in [-0.1, -0.05) is 78.9 Å². The molecule has 4 rings (SSSR count). The van der Waals surface area contributed by atoms with Gasteiger partial charge in [-0.15, -0.1) is 0 Å². The van der Waals surface area contributed by atoms with E-state index in [9.17, 15) is 4.39 Å². The molecule has 0 spiro atoms. The Kier molecular flexibility index (Phi) is 6.69. The van der Waals surface area contributed by atoms with Crippen molar-refractivity contribution in [1.82, 2.24) is 14.5 Å². The van der Waals surface area contributed by atoms with Crippen LogP contribution >= 0.6 is 12.2 Å². The number of hydrogen-bond donors (Lipinski definition) is 1. The smallest absolute Gasteiger partial charge is 0.175 e. The lowest BCUT2D eigenvalue weighted by molar-refractivity contribution is 0.412. The zero-order chi connectivity index (χ0) is 21.5. The molecular formula is C25H23FN4S. The van der Waals surface area contributed by atoms with Crippen molar-refractivity contribution in [2.24, 2.45) is 0 Å². The zero-order valence-electron chi connectivity index (χ0n) is 17.0. The van der Waals surface area contributed by atoms with Crippen LogP contribution in [0.5, 0.6) is 0 Å². The van der Waals surface area contributed by atoms with Crippen molar-refractivity contribution in [3.8, 4) is 0 Å². The fraction of sp³-hybridized carbons (Fsp3) is 0.120. The molecule has 0 atom stereocenters. The molecule has 156 valence electrons. The first-order valence-electron chi connectivity index (χ1n) is 10.1. The quantitative estimate of drug-likeness (QED) is 0.394. The summed E-state index contributed by atoms with van der Waals surface area (Å²) in [6.07, 6.45) is 3.38. The number of aromatic nitrogens is 2. The van der Waals surface area contributed by atoms with Crippen LogP contribution in [0.15, 0.2) is 97.5 Å². The van der Waals surface area contributed by atoms with E-state index < -0.39 is 0 Å². The predicted octanol–water partition coefficient (Wildman–Crippen LogP) is 5.47. The standard InChI is InChI=1S/C25H23FN4S/c26-23-14-8-7-13-22(23)18-30-19-27-15-24(30)28-25(31)29(16-20-9-3-1-4-10-20)17-21-11-5-2-6-12-21/h1-15,19H,16-18H2,(H,28,31). The van der Waals surface area contributed by atoms with Crippen LogP contribution in [-0.2, 0) is 19.6 Å². The van der Waals surface area contributed by atoms with Gasteiger partial charge in [0.25, 0.3) is 0 Å². The highest BCUT2D eigenvalue weighted by Crippen LogP contribution is 2.16. The summed E-state index contributed by atoms with van der Waals surface area (Å²) in [6, 6.07) is 27.2. The minimum absolute atomic E-state index is 0.237. The van der Waals surface area contributed by atoms with Gasteiger partial charge in [-0.05, 0) is 29.4 Å². The van der Waals surface area contributed by atoms with Gasteiger partial charge < -0.3 is 14.8 Å². The maximum absolute atomic E-state index is 14.1. The van der Waals surface area contributed by atoms with Gasteiger partial charge >= 0.3 is 0 Å². The predicted molar refractivity (Wildman–Crippen MR) is 126 cm³/mol. The Morgan fingerprint density at radius 1 is 0.871 bits per heavy atom. The molecule has 6 heteroatoms. The number of anilines is 1. The summed E-state index contributed by atoms with van der Waals surface area (Å²) in [5, 5.41) is 3.89. The average Bonchev–Trinajstić information content (AvgIpc) is 3.23. The van der Waals surface area contributed by atoms with Crippen LogP contribution in [0.3, 0.4) is 0 Å². The molecule has 0 fully saturated rings. The van der Waals surface area contributed by atoms with Crippen LogP contribution in [0, 0.1) is 5.82 Å². The largest absolute Gasteiger partial charge is 0.340 e. The second-order valence-corrected chi connectivity index (χ2v) is 7.64. The van der Waals surface area contributed by atoms with Gasteiger partial charge in [0.05, 0.1) is 19.1 Å². The first kappa shape index (κ1) is 20.8. The monoisotopic (exact) mass is 430 g/mol. The number of nitrogens with one attached hydrogen (secondary N) is 1. The van der Waals surface area contributed by atoms with Gasteiger partial charge in [-0.2, -0.15) is 0 Å². The molecule has 0 bridgehead atoms. The number of halogens is 1. The van der Waals surface area contributed by atoms with Crippen LogP contribution in [0.1, 0.15) is 16.7 Å². The van der Waals surface area contributed by atoms with Crippen LogP contribution in [-0.4, -0.2) is 19.6 Å². The van der Waals surface area contributed by atoms with E-state index in [-0.39, 0.29) is 5.82 Å². The lowest BCUT2D eigenvalue weighted by atomic mass is 10.2. The van der Waals surface area contributed by atoms with Crippen molar-refractivity contribution in [3.05, 3.63) is 120 Å². The van der Waals surface area contributed by atoms with E-state index in [1.807, 2.05) is 47.0 Å². The second-order valence-electron chi connectivity index (χ2n) is 7.26. The third-order valence-corrected chi connectivity index (χ3v) is 5.33. The number of nitrogens with zero attached hydrogens (tertiary/aromatic N) is 3. The first-order chi connectivity index (χ1) is 15.2. The van der Waals surface area contributed by atoms with Crippen molar-refractivity contribution in [2.45, 2.75) is 19.6 Å². The maximum atomic E-state index is 14.1. The fourth-order valence-corrected chi connectivity index (χ4v) is 3.59. The molecule has 1 N–H and O–H groups in total. The molecule has 0 aliphatic rings. The average molecular weight is 431 g/mol. The second kappa shape index (κ2) is 10.00. The molecule has 1 heterocycles. The van der Waals surface area contributed by atoms with Crippen molar-refractivity contribution in [1.29, 1.82) is 0 Å². The first-order valence-corrected chi connectivity index (χ1v) is 10.5. The Labute approximate surface area is 187 Å².